The summed E-state index contributed by atoms with van der Waals surface area (Å²) in [5, 5.41) is 3.62. The van der Waals surface area contributed by atoms with Gasteiger partial charge in [-0.25, -0.2) is 9.18 Å². The molecule has 0 aromatic heterocycles. The topological polar surface area (TPSA) is 59.0 Å². The molecule has 5 nitrogen and oxygen atoms in total. The molecule has 6 heteroatoms. The first-order valence-electron chi connectivity index (χ1n) is 6.51. The van der Waals surface area contributed by atoms with Crippen LogP contribution in [0.25, 0.3) is 0 Å². The van der Waals surface area contributed by atoms with E-state index >= 15 is 0 Å². The molecule has 2 aromatic rings. The molecule has 0 fully saturated rings. The first kappa shape index (κ1) is 13.9. The lowest BCUT2D eigenvalue weighted by atomic mass is 10.1. The molecule has 0 atom stereocenters. The van der Waals surface area contributed by atoms with Gasteiger partial charge in [-0.3, -0.25) is 4.79 Å². The standard InChI is InChI=1S/C16H11FN2O3/c1-19-13-9-5-3-7-11(13)14(15(19)20)18-22-16(21)10-6-2-4-8-12(10)17/h2-9H,1H3. The first-order chi connectivity index (χ1) is 10.6. The fraction of sp³-hybridized carbons (Fsp3) is 0.0625. The highest BCUT2D eigenvalue weighted by atomic mass is 19.1. The van der Waals surface area contributed by atoms with E-state index in [1.165, 1.54) is 23.1 Å². The van der Waals surface area contributed by atoms with Gasteiger partial charge in [-0.15, -0.1) is 0 Å². The molecule has 0 bridgehead atoms. The Balaban J connectivity index is 1.89. The van der Waals surface area contributed by atoms with Crippen LogP contribution < -0.4 is 4.90 Å². The molecular formula is C16H11FN2O3. The summed E-state index contributed by atoms with van der Waals surface area (Å²) in [6.45, 7) is 0. The normalized spacial score (nSPS) is 15.1. The second-order valence-corrected chi connectivity index (χ2v) is 4.68. The van der Waals surface area contributed by atoms with Crippen LogP contribution in [0.4, 0.5) is 10.1 Å². The highest BCUT2D eigenvalue weighted by Crippen LogP contribution is 2.27. The lowest BCUT2D eigenvalue weighted by Gasteiger charge is -2.07. The van der Waals surface area contributed by atoms with Gasteiger partial charge < -0.3 is 9.74 Å². The van der Waals surface area contributed by atoms with Crippen LogP contribution in [-0.2, 0) is 9.63 Å². The summed E-state index contributed by atoms with van der Waals surface area (Å²) < 4.78 is 13.5. The molecule has 0 saturated heterocycles. The number of anilines is 1. The number of rotatable bonds is 2. The largest absolute Gasteiger partial charge is 0.368 e. The number of fused-ring (bicyclic) bond motifs is 1. The molecule has 1 aliphatic rings. The predicted molar refractivity (Wildman–Crippen MR) is 78.2 cm³/mol. The molecule has 1 amide bonds. The van der Waals surface area contributed by atoms with Crippen LogP contribution in [0.5, 0.6) is 0 Å². The van der Waals surface area contributed by atoms with E-state index in [0.717, 1.165) is 6.07 Å². The quantitative estimate of drug-likeness (QED) is 0.631. The highest BCUT2D eigenvalue weighted by molar-refractivity contribution is 6.54. The van der Waals surface area contributed by atoms with Gasteiger partial charge in [0.15, 0.2) is 5.71 Å². The Morgan fingerprint density at radius 1 is 1.14 bits per heavy atom. The molecule has 0 spiro atoms. The third kappa shape index (κ3) is 2.24. The molecule has 22 heavy (non-hydrogen) atoms. The van der Waals surface area contributed by atoms with Crippen LogP contribution in [-0.4, -0.2) is 24.6 Å². The Kier molecular flexibility index (Phi) is 3.42. The van der Waals surface area contributed by atoms with Gasteiger partial charge in [-0.05, 0) is 18.2 Å². The number of hydrogen-bond acceptors (Lipinski definition) is 4. The van der Waals surface area contributed by atoms with E-state index in [4.69, 9.17) is 4.84 Å². The van der Waals surface area contributed by atoms with E-state index in [0.29, 0.717) is 11.3 Å². The van der Waals surface area contributed by atoms with E-state index in [9.17, 15) is 14.0 Å². The van der Waals surface area contributed by atoms with Crippen molar-refractivity contribution < 1.29 is 18.8 Å². The fourth-order valence-corrected chi connectivity index (χ4v) is 2.20. The van der Waals surface area contributed by atoms with Crippen molar-refractivity contribution >= 4 is 23.3 Å². The molecule has 1 aliphatic heterocycles. The molecule has 0 radical (unpaired) electrons. The second kappa shape index (κ2) is 5.40. The van der Waals surface area contributed by atoms with Crippen LogP contribution in [0.3, 0.4) is 0 Å². The van der Waals surface area contributed by atoms with Gasteiger partial charge in [0.05, 0.1) is 11.3 Å². The maximum atomic E-state index is 13.5. The van der Waals surface area contributed by atoms with Crippen LogP contribution in [0, 0.1) is 5.82 Å². The minimum atomic E-state index is -0.953. The number of benzene rings is 2. The van der Waals surface area contributed by atoms with Crippen LogP contribution in [0.2, 0.25) is 0 Å². The van der Waals surface area contributed by atoms with Crippen molar-refractivity contribution in [3.63, 3.8) is 0 Å². The number of hydrogen-bond donors (Lipinski definition) is 0. The molecule has 0 N–H and O–H groups in total. The number of carbonyl (C=O) groups is 2. The van der Waals surface area contributed by atoms with Crippen molar-refractivity contribution in [3.8, 4) is 0 Å². The average Bonchev–Trinajstić information content (AvgIpc) is 2.77. The van der Waals surface area contributed by atoms with E-state index in [1.807, 2.05) is 0 Å². The van der Waals surface area contributed by atoms with Crippen LogP contribution in [0.1, 0.15) is 15.9 Å². The zero-order valence-electron chi connectivity index (χ0n) is 11.6. The van der Waals surface area contributed by atoms with Crippen molar-refractivity contribution in [1.82, 2.24) is 0 Å². The molecule has 1 heterocycles. The number of carbonyl (C=O) groups excluding carboxylic acids is 2. The number of halogens is 1. The zero-order chi connectivity index (χ0) is 15.7. The minimum absolute atomic E-state index is 0.0165. The Bertz CT molecular complexity index is 801. The highest BCUT2D eigenvalue weighted by Gasteiger charge is 2.32. The maximum Gasteiger partial charge on any atom is 0.368 e. The summed E-state index contributed by atoms with van der Waals surface area (Å²) in [5.41, 5.74) is 1.02. The van der Waals surface area contributed by atoms with E-state index in [-0.39, 0.29) is 17.2 Å². The van der Waals surface area contributed by atoms with Crippen molar-refractivity contribution in [2.75, 3.05) is 11.9 Å². The van der Waals surface area contributed by atoms with Crippen molar-refractivity contribution in [1.29, 1.82) is 0 Å². The predicted octanol–water partition coefficient (Wildman–Crippen LogP) is 2.36. The molecule has 0 aliphatic carbocycles. The van der Waals surface area contributed by atoms with Crippen LogP contribution in [0.15, 0.2) is 53.7 Å². The molecule has 0 unspecified atom stereocenters. The Labute approximate surface area is 125 Å². The third-order valence-corrected chi connectivity index (χ3v) is 3.34. The molecule has 3 rings (SSSR count). The number of amides is 1. The average molecular weight is 298 g/mol. The first-order valence-corrected chi connectivity index (χ1v) is 6.51. The van der Waals surface area contributed by atoms with E-state index in [2.05, 4.69) is 5.16 Å². The summed E-state index contributed by atoms with van der Waals surface area (Å²) in [6.07, 6.45) is 0. The van der Waals surface area contributed by atoms with Crippen molar-refractivity contribution in [2.45, 2.75) is 0 Å². The smallest absolute Gasteiger partial charge is 0.312 e. The van der Waals surface area contributed by atoms with Gasteiger partial charge in [-0.2, -0.15) is 0 Å². The van der Waals surface area contributed by atoms with Gasteiger partial charge in [0.2, 0.25) is 0 Å². The Morgan fingerprint density at radius 3 is 2.59 bits per heavy atom. The van der Waals surface area contributed by atoms with E-state index in [1.54, 1.807) is 31.3 Å². The van der Waals surface area contributed by atoms with E-state index < -0.39 is 11.8 Å². The number of likely N-dealkylation sites (N-methyl/N-ethyl adjacent to an activating group) is 1. The summed E-state index contributed by atoms with van der Waals surface area (Å²) in [4.78, 5) is 30.1. The number of para-hydroxylation sites is 1. The number of nitrogens with zero attached hydrogens (tertiary/aromatic N) is 2. The fourth-order valence-electron chi connectivity index (χ4n) is 2.20. The molecular weight excluding hydrogens is 287 g/mol. The maximum absolute atomic E-state index is 13.5. The summed E-state index contributed by atoms with van der Waals surface area (Å²) in [5.74, 6) is -2.05. The SMILES string of the molecule is CN1C(=O)C(=NOC(=O)c2ccccc2F)c2ccccc21. The van der Waals surface area contributed by atoms with Gasteiger partial charge >= 0.3 is 5.97 Å². The number of oxime groups is 1. The van der Waals surface area contributed by atoms with Crippen molar-refractivity contribution in [2.24, 2.45) is 5.16 Å². The van der Waals surface area contributed by atoms with Crippen LogP contribution >= 0.6 is 0 Å². The molecule has 2 aromatic carbocycles. The molecule has 110 valence electrons. The molecule has 0 saturated carbocycles. The summed E-state index contributed by atoms with van der Waals surface area (Å²) in [6, 6.07) is 12.4. The summed E-state index contributed by atoms with van der Waals surface area (Å²) in [7, 11) is 1.60. The lowest BCUT2D eigenvalue weighted by Crippen LogP contribution is -2.26. The van der Waals surface area contributed by atoms with Crippen molar-refractivity contribution in [3.05, 3.63) is 65.5 Å². The van der Waals surface area contributed by atoms with Gasteiger partial charge in [0, 0.05) is 12.6 Å². The van der Waals surface area contributed by atoms with Gasteiger partial charge in [0.25, 0.3) is 5.91 Å². The van der Waals surface area contributed by atoms with Gasteiger partial charge in [-0.1, -0.05) is 35.5 Å². The monoisotopic (exact) mass is 298 g/mol. The Hall–Kier alpha value is -3.02. The Morgan fingerprint density at radius 2 is 1.82 bits per heavy atom. The second-order valence-electron chi connectivity index (χ2n) is 4.68. The third-order valence-electron chi connectivity index (χ3n) is 3.34. The minimum Gasteiger partial charge on any atom is -0.312 e. The lowest BCUT2D eigenvalue weighted by molar-refractivity contribution is -0.112. The van der Waals surface area contributed by atoms with Gasteiger partial charge in [0.1, 0.15) is 5.82 Å². The zero-order valence-corrected chi connectivity index (χ0v) is 11.6. The summed E-state index contributed by atoms with van der Waals surface area (Å²) >= 11 is 0.